The van der Waals surface area contributed by atoms with Crippen LogP contribution in [-0.4, -0.2) is 18.6 Å². The first-order valence-corrected chi connectivity index (χ1v) is 7.66. The van der Waals surface area contributed by atoms with Crippen molar-refractivity contribution in [2.24, 2.45) is 0 Å². The van der Waals surface area contributed by atoms with Crippen LogP contribution < -0.4 is 4.74 Å². The van der Waals surface area contributed by atoms with Crippen molar-refractivity contribution in [3.8, 4) is 5.75 Å². The topological polar surface area (TPSA) is 26.3 Å². The zero-order chi connectivity index (χ0) is 14.1. The van der Waals surface area contributed by atoms with Crippen LogP contribution in [0, 0.1) is 0 Å². The number of ketones is 1. The molecule has 0 radical (unpaired) electrons. The van der Waals surface area contributed by atoms with Crippen molar-refractivity contribution >= 4 is 29.1 Å². The number of benzene rings is 2. The second-order valence-electron chi connectivity index (χ2n) is 4.61. The van der Waals surface area contributed by atoms with Gasteiger partial charge in [-0.2, -0.15) is 0 Å². The number of carbonyl (C=O) groups is 1. The molecule has 0 bridgehead atoms. The number of halogens is 1. The fourth-order valence-corrected chi connectivity index (χ4v) is 3.84. The summed E-state index contributed by atoms with van der Waals surface area (Å²) in [5, 5.41) is 0.549. The van der Waals surface area contributed by atoms with Gasteiger partial charge in [-0.1, -0.05) is 29.8 Å². The molecule has 3 rings (SSSR count). The van der Waals surface area contributed by atoms with Gasteiger partial charge in [0.25, 0.3) is 0 Å². The van der Waals surface area contributed by atoms with Crippen molar-refractivity contribution in [2.75, 3.05) is 12.9 Å². The van der Waals surface area contributed by atoms with Crippen LogP contribution in [0.4, 0.5) is 0 Å². The van der Waals surface area contributed by atoms with Gasteiger partial charge in [-0.3, -0.25) is 4.79 Å². The van der Waals surface area contributed by atoms with E-state index in [4.69, 9.17) is 16.3 Å². The highest BCUT2D eigenvalue weighted by Crippen LogP contribution is 2.42. The number of thioether (sulfide) groups is 1. The molecule has 1 unspecified atom stereocenters. The molecular formula is C16H13ClO2S. The quantitative estimate of drug-likeness (QED) is 0.785. The van der Waals surface area contributed by atoms with Crippen LogP contribution >= 0.6 is 23.4 Å². The number of hydrogen-bond donors (Lipinski definition) is 0. The van der Waals surface area contributed by atoms with Gasteiger partial charge in [0.1, 0.15) is 5.75 Å². The third-order valence-electron chi connectivity index (χ3n) is 3.44. The molecule has 0 saturated carbocycles. The van der Waals surface area contributed by atoms with E-state index in [2.05, 4.69) is 6.07 Å². The molecule has 2 nitrogen and oxygen atoms in total. The van der Waals surface area contributed by atoms with Crippen molar-refractivity contribution < 1.29 is 9.53 Å². The Morgan fingerprint density at radius 1 is 1.30 bits per heavy atom. The normalized spacial score (nSPS) is 16.8. The summed E-state index contributed by atoms with van der Waals surface area (Å²) in [6.07, 6.45) is 0. The average molecular weight is 305 g/mol. The van der Waals surface area contributed by atoms with Crippen LogP contribution in [0.15, 0.2) is 47.4 Å². The molecule has 0 fully saturated rings. The molecule has 0 saturated heterocycles. The summed E-state index contributed by atoms with van der Waals surface area (Å²) >= 11 is 7.73. The lowest BCUT2D eigenvalue weighted by Crippen LogP contribution is -2.13. The van der Waals surface area contributed by atoms with Gasteiger partial charge in [0.2, 0.25) is 0 Å². The predicted octanol–water partition coefficient (Wildman–Crippen LogP) is 4.42. The minimum Gasteiger partial charge on any atom is -0.496 e. The Labute approximate surface area is 127 Å². The van der Waals surface area contributed by atoms with Crippen LogP contribution in [0.25, 0.3) is 0 Å². The number of Topliss-reactive ketones (excluding diaryl/α,β-unsaturated/α-hetero) is 1. The van der Waals surface area contributed by atoms with Gasteiger partial charge in [0.15, 0.2) is 5.78 Å². The Morgan fingerprint density at radius 2 is 2.10 bits per heavy atom. The molecule has 20 heavy (non-hydrogen) atoms. The highest BCUT2D eigenvalue weighted by atomic mass is 35.5. The van der Waals surface area contributed by atoms with E-state index in [1.807, 2.05) is 18.2 Å². The van der Waals surface area contributed by atoms with E-state index < -0.39 is 0 Å². The molecule has 0 aliphatic carbocycles. The smallest absolute Gasteiger partial charge is 0.174 e. The SMILES string of the molecule is COc1ccc(Cl)cc1C(=O)C1CSc2ccccc21. The Bertz CT molecular complexity index is 669. The van der Waals surface area contributed by atoms with Gasteiger partial charge in [-0.05, 0) is 29.8 Å². The van der Waals surface area contributed by atoms with E-state index in [0.29, 0.717) is 16.3 Å². The minimum absolute atomic E-state index is 0.0711. The molecule has 1 heterocycles. The first kappa shape index (κ1) is 13.5. The standard InChI is InChI=1S/C16H13ClO2S/c1-19-14-7-6-10(17)8-12(14)16(18)13-9-20-15-5-3-2-4-11(13)15/h2-8,13H,9H2,1H3. The number of hydrogen-bond acceptors (Lipinski definition) is 3. The van der Waals surface area contributed by atoms with Crippen LogP contribution in [0.3, 0.4) is 0 Å². The van der Waals surface area contributed by atoms with E-state index in [1.165, 1.54) is 4.90 Å². The van der Waals surface area contributed by atoms with E-state index in [9.17, 15) is 4.79 Å². The fraction of sp³-hybridized carbons (Fsp3) is 0.188. The minimum atomic E-state index is -0.122. The maximum atomic E-state index is 12.8. The Kier molecular flexibility index (Phi) is 3.72. The summed E-state index contributed by atoms with van der Waals surface area (Å²) in [6.45, 7) is 0. The zero-order valence-corrected chi connectivity index (χ0v) is 12.5. The molecule has 4 heteroatoms. The van der Waals surface area contributed by atoms with Gasteiger partial charge >= 0.3 is 0 Å². The predicted molar refractivity (Wildman–Crippen MR) is 82.2 cm³/mol. The molecule has 1 aliphatic rings. The highest BCUT2D eigenvalue weighted by Gasteiger charge is 2.31. The summed E-state index contributed by atoms with van der Waals surface area (Å²) in [7, 11) is 1.57. The van der Waals surface area contributed by atoms with E-state index in [0.717, 1.165) is 11.3 Å². The van der Waals surface area contributed by atoms with Gasteiger partial charge in [0, 0.05) is 15.7 Å². The van der Waals surface area contributed by atoms with Crippen LogP contribution in [0.2, 0.25) is 5.02 Å². The van der Waals surface area contributed by atoms with Gasteiger partial charge < -0.3 is 4.74 Å². The summed E-state index contributed by atoms with van der Waals surface area (Å²) < 4.78 is 5.28. The van der Waals surface area contributed by atoms with Crippen LogP contribution in [0.5, 0.6) is 5.75 Å². The summed E-state index contributed by atoms with van der Waals surface area (Å²) in [5.41, 5.74) is 1.66. The molecule has 0 aromatic heterocycles. The Hall–Kier alpha value is -1.45. The number of rotatable bonds is 3. The maximum Gasteiger partial charge on any atom is 0.174 e. The third-order valence-corrected chi connectivity index (χ3v) is 4.86. The molecule has 102 valence electrons. The van der Waals surface area contributed by atoms with E-state index in [-0.39, 0.29) is 11.7 Å². The lowest BCUT2D eigenvalue weighted by Gasteiger charge is -2.13. The van der Waals surface area contributed by atoms with E-state index >= 15 is 0 Å². The van der Waals surface area contributed by atoms with Gasteiger partial charge in [-0.15, -0.1) is 11.8 Å². The van der Waals surface area contributed by atoms with Crippen LogP contribution in [0.1, 0.15) is 21.8 Å². The van der Waals surface area contributed by atoms with Crippen molar-refractivity contribution in [2.45, 2.75) is 10.8 Å². The molecule has 2 aromatic carbocycles. The van der Waals surface area contributed by atoms with Crippen molar-refractivity contribution in [1.82, 2.24) is 0 Å². The van der Waals surface area contributed by atoms with Crippen LogP contribution in [-0.2, 0) is 0 Å². The Balaban J connectivity index is 2.00. The number of methoxy groups -OCH3 is 1. The molecule has 1 atom stereocenters. The highest BCUT2D eigenvalue weighted by molar-refractivity contribution is 7.99. The summed E-state index contributed by atoms with van der Waals surface area (Å²) in [5.74, 6) is 1.30. The first-order chi connectivity index (χ1) is 9.70. The van der Waals surface area contributed by atoms with Crippen molar-refractivity contribution in [1.29, 1.82) is 0 Å². The maximum absolute atomic E-state index is 12.8. The third kappa shape index (κ3) is 2.32. The Morgan fingerprint density at radius 3 is 2.90 bits per heavy atom. The first-order valence-electron chi connectivity index (χ1n) is 6.30. The molecular weight excluding hydrogens is 292 g/mol. The second-order valence-corrected chi connectivity index (χ2v) is 6.11. The van der Waals surface area contributed by atoms with Gasteiger partial charge in [-0.25, -0.2) is 0 Å². The molecule has 1 aliphatic heterocycles. The summed E-state index contributed by atoms with van der Waals surface area (Å²) in [6, 6.07) is 13.2. The van der Waals surface area contributed by atoms with Crippen molar-refractivity contribution in [3.63, 3.8) is 0 Å². The second kappa shape index (κ2) is 5.51. The largest absolute Gasteiger partial charge is 0.496 e. The average Bonchev–Trinajstić information content (AvgIpc) is 2.90. The summed E-state index contributed by atoms with van der Waals surface area (Å²) in [4.78, 5) is 14.0. The van der Waals surface area contributed by atoms with E-state index in [1.54, 1.807) is 37.1 Å². The number of ether oxygens (including phenoxy) is 1. The number of fused-ring (bicyclic) bond motifs is 1. The lowest BCUT2D eigenvalue weighted by atomic mass is 9.92. The molecule has 0 amide bonds. The molecule has 0 spiro atoms. The monoisotopic (exact) mass is 304 g/mol. The lowest BCUT2D eigenvalue weighted by molar-refractivity contribution is 0.0965. The molecule has 2 aromatic rings. The van der Waals surface area contributed by atoms with Gasteiger partial charge in [0.05, 0.1) is 18.6 Å². The van der Waals surface area contributed by atoms with Crippen molar-refractivity contribution in [3.05, 3.63) is 58.6 Å². The molecule has 0 N–H and O–H groups in total. The number of carbonyl (C=O) groups excluding carboxylic acids is 1. The zero-order valence-electron chi connectivity index (χ0n) is 10.9. The fourth-order valence-electron chi connectivity index (χ4n) is 2.44.